The first kappa shape index (κ1) is 14.1. The molecule has 0 aliphatic carbocycles. The fourth-order valence-electron chi connectivity index (χ4n) is 3.56. The molecule has 2 saturated heterocycles. The number of hydrogen-bond donors (Lipinski definition) is 1. The Morgan fingerprint density at radius 1 is 1.35 bits per heavy atom. The zero-order chi connectivity index (χ0) is 14.0. The standard InChI is InChI=1S/C17H25NO2/c1-2-3-11-17(19,14-8-5-4-6-9-14)16-18-12-7-10-15(13-18)20-16/h4-6,8-9,15-16,19H,2-3,7,10-13H2,1H3/t15-,16-,17-/m1/s1. The third kappa shape index (κ3) is 2.50. The van der Waals surface area contributed by atoms with Crippen molar-refractivity contribution < 1.29 is 9.84 Å². The molecule has 2 heterocycles. The zero-order valence-electron chi connectivity index (χ0n) is 12.3. The van der Waals surface area contributed by atoms with E-state index in [1.54, 1.807) is 0 Å². The van der Waals surface area contributed by atoms with Gasteiger partial charge in [0.2, 0.25) is 0 Å². The van der Waals surface area contributed by atoms with Crippen molar-refractivity contribution >= 4 is 0 Å². The summed E-state index contributed by atoms with van der Waals surface area (Å²) in [5, 5.41) is 11.4. The lowest BCUT2D eigenvalue weighted by atomic mass is 9.86. The minimum Gasteiger partial charge on any atom is -0.381 e. The second-order valence-electron chi connectivity index (χ2n) is 6.14. The van der Waals surface area contributed by atoms with Crippen LogP contribution < -0.4 is 0 Å². The van der Waals surface area contributed by atoms with Crippen molar-refractivity contribution in [3.8, 4) is 0 Å². The third-order valence-electron chi connectivity index (χ3n) is 4.66. The number of aliphatic hydroxyl groups is 1. The smallest absolute Gasteiger partial charge is 0.144 e. The molecule has 0 radical (unpaired) electrons. The van der Waals surface area contributed by atoms with Crippen molar-refractivity contribution in [3.05, 3.63) is 35.9 Å². The van der Waals surface area contributed by atoms with Crippen LogP contribution in [0.15, 0.2) is 30.3 Å². The number of rotatable bonds is 5. The molecule has 110 valence electrons. The van der Waals surface area contributed by atoms with Crippen molar-refractivity contribution in [1.29, 1.82) is 0 Å². The van der Waals surface area contributed by atoms with Crippen LogP contribution in [0.3, 0.4) is 0 Å². The highest BCUT2D eigenvalue weighted by Gasteiger charge is 2.48. The number of benzene rings is 1. The average Bonchev–Trinajstić information content (AvgIpc) is 2.80. The van der Waals surface area contributed by atoms with Crippen molar-refractivity contribution in [2.24, 2.45) is 0 Å². The maximum Gasteiger partial charge on any atom is 0.144 e. The lowest BCUT2D eigenvalue weighted by Crippen LogP contribution is -2.48. The van der Waals surface area contributed by atoms with Crippen LogP contribution in [-0.2, 0) is 10.3 Å². The molecule has 1 aromatic rings. The minimum atomic E-state index is -0.879. The SMILES string of the molecule is CCCC[C@@](O)(c1ccccc1)[C@H]1O[C@@H]2CCCN1C2. The van der Waals surface area contributed by atoms with E-state index in [4.69, 9.17) is 4.74 Å². The van der Waals surface area contributed by atoms with E-state index in [2.05, 4.69) is 11.8 Å². The van der Waals surface area contributed by atoms with Gasteiger partial charge in [-0.25, -0.2) is 0 Å². The van der Waals surface area contributed by atoms with Crippen molar-refractivity contribution in [1.82, 2.24) is 4.90 Å². The van der Waals surface area contributed by atoms with Crippen LogP contribution in [-0.4, -0.2) is 35.4 Å². The van der Waals surface area contributed by atoms with Gasteiger partial charge in [0.25, 0.3) is 0 Å². The fourth-order valence-corrected chi connectivity index (χ4v) is 3.56. The third-order valence-corrected chi connectivity index (χ3v) is 4.66. The number of hydrogen-bond acceptors (Lipinski definition) is 3. The molecule has 0 saturated carbocycles. The van der Waals surface area contributed by atoms with Crippen LogP contribution in [0.25, 0.3) is 0 Å². The first-order valence-electron chi connectivity index (χ1n) is 7.91. The monoisotopic (exact) mass is 275 g/mol. The second kappa shape index (κ2) is 5.84. The Balaban J connectivity index is 1.89. The molecule has 2 aliphatic heterocycles. The van der Waals surface area contributed by atoms with Gasteiger partial charge < -0.3 is 9.84 Å². The number of fused-ring (bicyclic) bond motifs is 2. The predicted molar refractivity (Wildman–Crippen MR) is 79.3 cm³/mol. The van der Waals surface area contributed by atoms with Crippen LogP contribution >= 0.6 is 0 Å². The van der Waals surface area contributed by atoms with Gasteiger partial charge in [-0.2, -0.15) is 0 Å². The summed E-state index contributed by atoms with van der Waals surface area (Å²) in [6.45, 7) is 4.19. The Bertz CT molecular complexity index is 436. The first-order chi connectivity index (χ1) is 9.74. The molecule has 4 atom stereocenters. The van der Waals surface area contributed by atoms with E-state index in [1.807, 2.05) is 30.3 Å². The summed E-state index contributed by atoms with van der Waals surface area (Å²) in [4.78, 5) is 2.33. The van der Waals surface area contributed by atoms with Crippen LogP contribution in [0, 0.1) is 0 Å². The summed E-state index contributed by atoms with van der Waals surface area (Å²) in [6, 6.07) is 10.1. The van der Waals surface area contributed by atoms with E-state index < -0.39 is 5.60 Å². The molecule has 1 unspecified atom stereocenters. The second-order valence-corrected chi connectivity index (χ2v) is 6.14. The van der Waals surface area contributed by atoms with Gasteiger partial charge >= 0.3 is 0 Å². The van der Waals surface area contributed by atoms with E-state index in [0.29, 0.717) is 6.10 Å². The van der Waals surface area contributed by atoms with Gasteiger partial charge in [-0.05, 0) is 24.8 Å². The van der Waals surface area contributed by atoms with Gasteiger partial charge in [-0.15, -0.1) is 0 Å². The summed E-state index contributed by atoms with van der Waals surface area (Å²) in [5.41, 5.74) is 0.113. The van der Waals surface area contributed by atoms with E-state index in [9.17, 15) is 5.11 Å². The molecule has 3 nitrogen and oxygen atoms in total. The number of nitrogens with zero attached hydrogens (tertiary/aromatic N) is 1. The molecule has 0 aromatic heterocycles. The number of ether oxygens (including phenoxy) is 1. The lowest BCUT2D eigenvalue weighted by Gasteiger charge is -2.38. The van der Waals surface area contributed by atoms with Crippen LogP contribution in [0.1, 0.15) is 44.6 Å². The van der Waals surface area contributed by atoms with Crippen molar-refractivity contribution in [2.75, 3.05) is 13.1 Å². The van der Waals surface area contributed by atoms with Crippen molar-refractivity contribution in [3.63, 3.8) is 0 Å². The highest BCUT2D eigenvalue weighted by molar-refractivity contribution is 5.24. The summed E-state index contributed by atoms with van der Waals surface area (Å²) in [7, 11) is 0. The molecule has 1 N–H and O–H groups in total. The minimum absolute atomic E-state index is 0.177. The van der Waals surface area contributed by atoms with Crippen LogP contribution in [0.2, 0.25) is 0 Å². The molecule has 3 heteroatoms. The zero-order valence-corrected chi connectivity index (χ0v) is 12.3. The quantitative estimate of drug-likeness (QED) is 0.897. The topological polar surface area (TPSA) is 32.7 Å². The largest absolute Gasteiger partial charge is 0.381 e. The predicted octanol–water partition coefficient (Wildman–Crippen LogP) is 2.89. The molecule has 1 aromatic carbocycles. The first-order valence-corrected chi connectivity index (χ1v) is 7.91. The maximum absolute atomic E-state index is 11.4. The molecule has 0 spiro atoms. The van der Waals surface area contributed by atoms with E-state index in [0.717, 1.165) is 44.3 Å². The number of unbranched alkanes of at least 4 members (excludes halogenated alkanes) is 1. The average molecular weight is 275 g/mol. The van der Waals surface area contributed by atoms with Gasteiger partial charge in [-0.3, -0.25) is 4.90 Å². The Morgan fingerprint density at radius 2 is 2.15 bits per heavy atom. The van der Waals surface area contributed by atoms with Crippen molar-refractivity contribution in [2.45, 2.75) is 57.0 Å². The van der Waals surface area contributed by atoms with Gasteiger partial charge in [0, 0.05) is 13.1 Å². The maximum atomic E-state index is 11.4. The van der Waals surface area contributed by atoms with Gasteiger partial charge in [0.15, 0.2) is 0 Å². The molecule has 2 bridgehead atoms. The Labute approximate surface area is 121 Å². The van der Waals surface area contributed by atoms with Gasteiger partial charge in [-0.1, -0.05) is 50.1 Å². The van der Waals surface area contributed by atoms with Crippen LogP contribution in [0.4, 0.5) is 0 Å². The summed E-state index contributed by atoms with van der Waals surface area (Å²) in [5.74, 6) is 0. The fraction of sp³-hybridized carbons (Fsp3) is 0.647. The lowest BCUT2D eigenvalue weighted by molar-refractivity contribution is -0.149. The highest BCUT2D eigenvalue weighted by atomic mass is 16.5. The highest BCUT2D eigenvalue weighted by Crippen LogP contribution is 2.40. The molecule has 2 fully saturated rings. The van der Waals surface area contributed by atoms with E-state index >= 15 is 0 Å². The molecule has 20 heavy (non-hydrogen) atoms. The Hall–Kier alpha value is -0.900. The van der Waals surface area contributed by atoms with Gasteiger partial charge in [0.1, 0.15) is 11.8 Å². The van der Waals surface area contributed by atoms with Gasteiger partial charge in [0.05, 0.1) is 6.10 Å². The number of piperidine rings is 1. The molecule has 0 amide bonds. The van der Waals surface area contributed by atoms with E-state index in [-0.39, 0.29) is 6.23 Å². The summed E-state index contributed by atoms with van der Waals surface area (Å²) >= 11 is 0. The molecular formula is C17H25NO2. The normalized spacial score (nSPS) is 32.0. The molecule has 3 rings (SSSR count). The summed E-state index contributed by atoms with van der Waals surface area (Å²) in [6.07, 6.45) is 5.32. The molecular weight excluding hydrogens is 250 g/mol. The van der Waals surface area contributed by atoms with E-state index in [1.165, 1.54) is 6.42 Å². The Morgan fingerprint density at radius 3 is 2.85 bits per heavy atom. The summed E-state index contributed by atoms with van der Waals surface area (Å²) < 4.78 is 6.18. The molecule has 2 aliphatic rings. The Kier molecular flexibility index (Phi) is 4.11. The van der Waals surface area contributed by atoms with Crippen LogP contribution in [0.5, 0.6) is 0 Å².